The molecule has 5 nitrogen and oxygen atoms in total. The predicted octanol–water partition coefficient (Wildman–Crippen LogP) is 2.52. The summed E-state index contributed by atoms with van der Waals surface area (Å²) in [5, 5.41) is 23.1. The summed E-state index contributed by atoms with van der Waals surface area (Å²) in [6.07, 6.45) is 1.24. The highest BCUT2D eigenvalue weighted by atomic mass is 35.5. The molecule has 0 saturated carbocycles. The Morgan fingerprint density at radius 2 is 1.85 bits per heavy atom. The number of para-hydroxylation sites is 1. The predicted molar refractivity (Wildman–Crippen MR) is 76.3 cm³/mol. The fourth-order valence-electron chi connectivity index (χ4n) is 1.48. The van der Waals surface area contributed by atoms with E-state index in [1.807, 2.05) is 0 Å². The summed E-state index contributed by atoms with van der Waals surface area (Å²) >= 11 is 5.72. The van der Waals surface area contributed by atoms with E-state index in [0.29, 0.717) is 16.1 Å². The minimum atomic E-state index is -0.405. The molecule has 20 heavy (non-hydrogen) atoms. The zero-order chi connectivity index (χ0) is 14.5. The van der Waals surface area contributed by atoms with Gasteiger partial charge in [0.2, 0.25) is 0 Å². The van der Waals surface area contributed by atoms with E-state index < -0.39 is 5.91 Å². The average molecular weight is 291 g/mol. The number of hydrazone groups is 1. The highest BCUT2D eigenvalue weighted by molar-refractivity contribution is 6.30. The Hall–Kier alpha value is -2.53. The van der Waals surface area contributed by atoms with E-state index in [-0.39, 0.29) is 11.5 Å². The number of phenols is 2. The molecule has 2 aromatic rings. The molecule has 0 aliphatic carbocycles. The molecule has 2 aromatic carbocycles. The molecule has 6 heteroatoms. The number of carbonyl (C=O) groups excluding carboxylic acids is 1. The molecule has 0 aliphatic heterocycles. The lowest BCUT2D eigenvalue weighted by Gasteiger charge is -2.01. The maximum atomic E-state index is 11.7. The van der Waals surface area contributed by atoms with Gasteiger partial charge in [-0.1, -0.05) is 17.7 Å². The number of rotatable bonds is 3. The van der Waals surface area contributed by atoms with E-state index in [1.54, 1.807) is 36.4 Å². The van der Waals surface area contributed by atoms with Crippen molar-refractivity contribution in [2.24, 2.45) is 5.10 Å². The third-order valence-electron chi connectivity index (χ3n) is 2.52. The van der Waals surface area contributed by atoms with Crippen LogP contribution in [0.25, 0.3) is 0 Å². The number of nitrogens with one attached hydrogen (secondary N) is 1. The summed E-state index contributed by atoms with van der Waals surface area (Å²) in [7, 11) is 0. The van der Waals surface area contributed by atoms with Gasteiger partial charge in [0.1, 0.15) is 0 Å². The quantitative estimate of drug-likeness (QED) is 0.461. The SMILES string of the molecule is O=C(N/N=C/c1cccc(O)c1O)c1ccc(Cl)cc1. The Kier molecular flexibility index (Phi) is 4.22. The molecule has 0 radical (unpaired) electrons. The molecule has 0 fully saturated rings. The zero-order valence-corrected chi connectivity index (χ0v) is 11.0. The highest BCUT2D eigenvalue weighted by Gasteiger charge is 2.05. The Morgan fingerprint density at radius 3 is 2.55 bits per heavy atom. The van der Waals surface area contributed by atoms with Crippen LogP contribution in [0, 0.1) is 0 Å². The molecular formula is C14H11ClN2O3. The number of benzene rings is 2. The molecule has 0 heterocycles. The lowest BCUT2D eigenvalue weighted by Crippen LogP contribution is -2.17. The molecule has 2 rings (SSSR count). The van der Waals surface area contributed by atoms with Crippen LogP contribution in [0.4, 0.5) is 0 Å². The van der Waals surface area contributed by atoms with Crippen molar-refractivity contribution in [3.8, 4) is 11.5 Å². The number of halogens is 1. The normalized spacial score (nSPS) is 10.7. The van der Waals surface area contributed by atoms with Crippen LogP contribution < -0.4 is 5.43 Å². The topological polar surface area (TPSA) is 81.9 Å². The van der Waals surface area contributed by atoms with Crippen LogP contribution >= 0.6 is 11.6 Å². The van der Waals surface area contributed by atoms with Gasteiger partial charge in [-0.25, -0.2) is 5.43 Å². The van der Waals surface area contributed by atoms with Crippen LogP contribution in [-0.2, 0) is 0 Å². The lowest BCUT2D eigenvalue weighted by atomic mass is 10.2. The second-order valence-corrected chi connectivity index (χ2v) is 4.36. The van der Waals surface area contributed by atoms with Crippen LogP contribution in [0.1, 0.15) is 15.9 Å². The number of nitrogens with zero attached hydrogens (tertiary/aromatic N) is 1. The van der Waals surface area contributed by atoms with Gasteiger partial charge in [-0.15, -0.1) is 0 Å². The first-order valence-corrected chi connectivity index (χ1v) is 6.05. The van der Waals surface area contributed by atoms with Crippen molar-refractivity contribution in [1.82, 2.24) is 5.43 Å². The average Bonchev–Trinajstić information content (AvgIpc) is 2.44. The number of hydrogen-bond donors (Lipinski definition) is 3. The molecule has 3 N–H and O–H groups in total. The fourth-order valence-corrected chi connectivity index (χ4v) is 1.61. The van der Waals surface area contributed by atoms with Gasteiger partial charge in [-0.2, -0.15) is 5.10 Å². The van der Waals surface area contributed by atoms with Crippen molar-refractivity contribution in [3.05, 3.63) is 58.6 Å². The van der Waals surface area contributed by atoms with Crippen molar-refractivity contribution < 1.29 is 15.0 Å². The molecule has 0 atom stereocenters. The van der Waals surface area contributed by atoms with E-state index in [2.05, 4.69) is 10.5 Å². The standard InChI is InChI=1S/C14H11ClN2O3/c15-11-6-4-9(5-7-11)14(20)17-16-8-10-2-1-3-12(18)13(10)19/h1-8,18-19H,(H,17,20)/b16-8+. The third-order valence-corrected chi connectivity index (χ3v) is 2.77. The van der Waals surface area contributed by atoms with E-state index >= 15 is 0 Å². The first kappa shape index (κ1) is 13.9. The summed E-state index contributed by atoms with van der Waals surface area (Å²) in [4.78, 5) is 11.7. The van der Waals surface area contributed by atoms with Gasteiger partial charge in [0.15, 0.2) is 11.5 Å². The second-order valence-electron chi connectivity index (χ2n) is 3.92. The molecular weight excluding hydrogens is 280 g/mol. The van der Waals surface area contributed by atoms with E-state index in [9.17, 15) is 15.0 Å². The van der Waals surface area contributed by atoms with Crippen molar-refractivity contribution in [2.45, 2.75) is 0 Å². The minimum Gasteiger partial charge on any atom is -0.504 e. The maximum Gasteiger partial charge on any atom is 0.271 e. The largest absolute Gasteiger partial charge is 0.504 e. The number of carbonyl (C=O) groups is 1. The van der Waals surface area contributed by atoms with Gasteiger partial charge in [0.05, 0.1) is 6.21 Å². The van der Waals surface area contributed by atoms with Crippen LogP contribution in [0.5, 0.6) is 11.5 Å². The van der Waals surface area contributed by atoms with E-state index in [1.165, 1.54) is 12.3 Å². The summed E-state index contributed by atoms with van der Waals surface area (Å²) < 4.78 is 0. The summed E-state index contributed by atoms with van der Waals surface area (Å²) in [6, 6.07) is 10.8. The van der Waals surface area contributed by atoms with Crippen molar-refractivity contribution in [2.75, 3.05) is 0 Å². The third kappa shape index (κ3) is 3.27. The molecule has 0 saturated heterocycles. The zero-order valence-electron chi connectivity index (χ0n) is 10.2. The van der Waals surface area contributed by atoms with Gasteiger partial charge >= 0.3 is 0 Å². The summed E-state index contributed by atoms with van der Waals surface area (Å²) in [5.74, 6) is -0.951. The lowest BCUT2D eigenvalue weighted by molar-refractivity contribution is 0.0955. The van der Waals surface area contributed by atoms with Crippen LogP contribution in [0.15, 0.2) is 47.6 Å². The van der Waals surface area contributed by atoms with E-state index in [0.717, 1.165) is 0 Å². The number of amides is 1. The van der Waals surface area contributed by atoms with Crippen LogP contribution in [0.3, 0.4) is 0 Å². The Balaban J connectivity index is 2.04. The molecule has 0 bridgehead atoms. The van der Waals surface area contributed by atoms with Crippen LogP contribution in [0.2, 0.25) is 5.02 Å². The summed E-state index contributed by atoms with van der Waals surface area (Å²) in [6.45, 7) is 0. The van der Waals surface area contributed by atoms with Crippen molar-refractivity contribution in [1.29, 1.82) is 0 Å². The van der Waals surface area contributed by atoms with Gasteiger partial charge in [0.25, 0.3) is 5.91 Å². The van der Waals surface area contributed by atoms with E-state index in [4.69, 9.17) is 11.6 Å². The first-order chi connectivity index (χ1) is 9.58. The van der Waals surface area contributed by atoms with Crippen molar-refractivity contribution >= 4 is 23.7 Å². The van der Waals surface area contributed by atoms with Gasteiger partial charge in [-0.05, 0) is 36.4 Å². The Bertz CT molecular complexity index is 654. The molecule has 0 spiro atoms. The maximum absolute atomic E-state index is 11.7. The number of phenolic OH excluding ortho intramolecular Hbond substituents is 2. The van der Waals surface area contributed by atoms with Crippen LogP contribution in [-0.4, -0.2) is 22.3 Å². The summed E-state index contributed by atoms with van der Waals surface area (Å²) in [5.41, 5.74) is 3.01. The number of hydrogen-bond acceptors (Lipinski definition) is 4. The Labute approximate surface area is 120 Å². The smallest absolute Gasteiger partial charge is 0.271 e. The number of aromatic hydroxyl groups is 2. The minimum absolute atomic E-state index is 0.252. The Morgan fingerprint density at radius 1 is 1.15 bits per heavy atom. The monoisotopic (exact) mass is 290 g/mol. The van der Waals surface area contributed by atoms with Gasteiger partial charge < -0.3 is 10.2 Å². The first-order valence-electron chi connectivity index (χ1n) is 5.68. The molecule has 1 amide bonds. The fraction of sp³-hybridized carbons (Fsp3) is 0. The molecule has 0 unspecified atom stereocenters. The highest BCUT2D eigenvalue weighted by Crippen LogP contribution is 2.26. The molecule has 0 aliphatic rings. The van der Waals surface area contributed by atoms with Crippen molar-refractivity contribution in [3.63, 3.8) is 0 Å². The second kappa shape index (κ2) is 6.08. The van der Waals surface area contributed by atoms with Gasteiger partial charge in [0, 0.05) is 16.1 Å². The molecule has 102 valence electrons. The molecule has 0 aromatic heterocycles. The van der Waals surface area contributed by atoms with Gasteiger partial charge in [-0.3, -0.25) is 4.79 Å².